The summed E-state index contributed by atoms with van der Waals surface area (Å²) >= 11 is 0. The highest BCUT2D eigenvalue weighted by molar-refractivity contribution is 7.92. The van der Waals surface area contributed by atoms with Crippen molar-refractivity contribution in [3.8, 4) is 0 Å². The first-order chi connectivity index (χ1) is 16.0. The van der Waals surface area contributed by atoms with Gasteiger partial charge in [-0.05, 0) is 55.3 Å². The van der Waals surface area contributed by atoms with E-state index in [1.54, 1.807) is 43.3 Å². The lowest BCUT2D eigenvalue weighted by Crippen LogP contribution is -2.30. The largest absolute Gasteiger partial charge is 0.366 e. The number of rotatable bonds is 11. The van der Waals surface area contributed by atoms with E-state index >= 15 is 0 Å². The molecule has 7 nitrogen and oxygen atoms in total. The fourth-order valence-corrected chi connectivity index (χ4v) is 4.72. The molecule has 2 aromatic carbocycles. The second kappa shape index (κ2) is 11.5. The second-order valence-electron chi connectivity index (χ2n) is 7.54. The molecule has 1 heterocycles. The summed E-state index contributed by atoms with van der Waals surface area (Å²) in [6.07, 6.45) is 3.37. The van der Waals surface area contributed by atoms with E-state index in [0.717, 1.165) is 18.4 Å². The Morgan fingerprint density at radius 2 is 1.70 bits per heavy atom. The number of hydrogen-bond donors (Lipinski definition) is 2. The number of nitrogens with one attached hydrogen (secondary N) is 2. The zero-order valence-corrected chi connectivity index (χ0v) is 19.8. The highest BCUT2D eigenvalue weighted by Crippen LogP contribution is 2.23. The molecule has 2 N–H and O–H groups in total. The first-order valence-corrected chi connectivity index (χ1v) is 12.5. The van der Waals surface area contributed by atoms with Gasteiger partial charge in [-0.15, -0.1) is 0 Å². The molecule has 3 rings (SSSR count). The van der Waals surface area contributed by atoms with Crippen LogP contribution in [0.5, 0.6) is 0 Å². The minimum atomic E-state index is -3.70. The molecule has 0 saturated carbocycles. The van der Waals surface area contributed by atoms with Crippen LogP contribution in [0.2, 0.25) is 0 Å². The third kappa shape index (κ3) is 6.32. The van der Waals surface area contributed by atoms with Gasteiger partial charge >= 0.3 is 0 Å². The van der Waals surface area contributed by atoms with Gasteiger partial charge in [-0.2, -0.15) is 0 Å². The molecular formula is C25H30N4O3S. The Morgan fingerprint density at radius 1 is 0.970 bits per heavy atom. The lowest BCUT2D eigenvalue weighted by Gasteiger charge is -2.22. The number of aromatic nitrogens is 1. The number of carbonyl (C=O) groups is 1. The van der Waals surface area contributed by atoms with E-state index < -0.39 is 10.0 Å². The van der Waals surface area contributed by atoms with Crippen LogP contribution in [-0.2, 0) is 16.6 Å². The fourth-order valence-electron chi connectivity index (χ4n) is 3.30. The summed E-state index contributed by atoms with van der Waals surface area (Å²) in [5.41, 5.74) is 2.23. The van der Waals surface area contributed by atoms with Crippen molar-refractivity contribution >= 4 is 27.4 Å². The van der Waals surface area contributed by atoms with Crippen molar-refractivity contribution in [2.45, 2.75) is 38.1 Å². The number of carbonyl (C=O) groups excluding carboxylic acids is 1. The highest BCUT2D eigenvalue weighted by atomic mass is 32.2. The predicted molar refractivity (Wildman–Crippen MR) is 132 cm³/mol. The molecule has 0 aliphatic heterocycles. The van der Waals surface area contributed by atoms with Crippen LogP contribution >= 0.6 is 0 Å². The van der Waals surface area contributed by atoms with Gasteiger partial charge in [-0.3, -0.25) is 9.10 Å². The SMILES string of the molecule is CCCCNC(=O)c1ccc(CNc2ccc(S(=O)(=O)N(CC)c3ccccc3)cn2)cc1. The minimum Gasteiger partial charge on any atom is -0.366 e. The molecule has 1 amide bonds. The highest BCUT2D eigenvalue weighted by Gasteiger charge is 2.23. The number of pyridine rings is 1. The van der Waals surface area contributed by atoms with Crippen molar-refractivity contribution in [1.29, 1.82) is 0 Å². The van der Waals surface area contributed by atoms with Crippen molar-refractivity contribution in [3.63, 3.8) is 0 Å². The number of anilines is 2. The average Bonchev–Trinajstić information content (AvgIpc) is 2.84. The van der Waals surface area contributed by atoms with Crippen molar-refractivity contribution < 1.29 is 13.2 Å². The van der Waals surface area contributed by atoms with Gasteiger partial charge in [0.1, 0.15) is 10.7 Å². The third-order valence-corrected chi connectivity index (χ3v) is 7.05. The summed E-state index contributed by atoms with van der Waals surface area (Å²) < 4.78 is 27.5. The predicted octanol–water partition coefficient (Wildman–Crippen LogP) is 4.44. The van der Waals surface area contributed by atoms with Crippen molar-refractivity contribution in [3.05, 3.63) is 84.1 Å². The van der Waals surface area contributed by atoms with E-state index in [1.807, 2.05) is 30.3 Å². The van der Waals surface area contributed by atoms with Gasteiger partial charge in [0.2, 0.25) is 0 Å². The van der Waals surface area contributed by atoms with Gasteiger partial charge in [0.25, 0.3) is 15.9 Å². The lowest BCUT2D eigenvalue weighted by atomic mass is 10.1. The molecule has 3 aromatic rings. The number of amides is 1. The van der Waals surface area contributed by atoms with Crippen molar-refractivity contribution in [1.82, 2.24) is 10.3 Å². The van der Waals surface area contributed by atoms with Crippen LogP contribution in [0.25, 0.3) is 0 Å². The number of para-hydroxylation sites is 1. The molecule has 0 spiro atoms. The Bertz CT molecular complexity index is 1130. The summed E-state index contributed by atoms with van der Waals surface area (Å²) in [6.45, 7) is 5.38. The molecule has 0 saturated heterocycles. The van der Waals surface area contributed by atoms with Crippen LogP contribution in [0.3, 0.4) is 0 Å². The summed E-state index contributed by atoms with van der Waals surface area (Å²) in [7, 11) is -3.70. The molecule has 0 bridgehead atoms. The molecule has 0 aliphatic rings. The minimum absolute atomic E-state index is 0.0713. The van der Waals surface area contributed by atoms with Crippen molar-refractivity contribution in [2.24, 2.45) is 0 Å². The lowest BCUT2D eigenvalue weighted by molar-refractivity contribution is 0.0953. The fraction of sp³-hybridized carbons (Fsp3) is 0.280. The van der Waals surface area contributed by atoms with E-state index in [4.69, 9.17) is 0 Å². The zero-order valence-electron chi connectivity index (χ0n) is 19.0. The topological polar surface area (TPSA) is 91.4 Å². The van der Waals surface area contributed by atoms with E-state index in [-0.39, 0.29) is 10.8 Å². The summed E-state index contributed by atoms with van der Waals surface area (Å²) in [4.78, 5) is 16.5. The van der Waals surface area contributed by atoms with Crippen LogP contribution in [0.4, 0.5) is 11.5 Å². The van der Waals surface area contributed by atoms with E-state index in [9.17, 15) is 13.2 Å². The van der Waals surface area contributed by atoms with Crippen LogP contribution in [0.1, 0.15) is 42.6 Å². The maximum Gasteiger partial charge on any atom is 0.265 e. The molecule has 33 heavy (non-hydrogen) atoms. The van der Waals surface area contributed by atoms with Crippen LogP contribution in [-0.4, -0.2) is 32.4 Å². The average molecular weight is 467 g/mol. The van der Waals surface area contributed by atoms with E-state index in [2.05, 4.69) is 22.5 Å². The molecule has 8 heteroatoms. The molecule has 174 valence electrons. The van der Waals surface area contributed by atoms with Crippen LogP contribution < -0.4 is 14.9 Å². The van der Waals surface area contributed by atoms with E-state index in [1.165, 1.54) is 10.5 Å². The molecule has 0 unspecified atom stereocenters. The molecule has 0 fully saturated rings. The zero-order chi connectivity index (χ0) is 23.7. The normalized spacial score (nSPS) is 11.1. The summed E-state index contributed by atoms with van der Waals surface area (Å²) in [5, 5.41) is 6.08. The Kier molecular flexibility index (Phi) is 8.43. The van der Waals surface area contributed by atoms with Gasteiger partial charge in [-0.25, -0.2) is 13.4 Å². The standard InChI is InChI=1S/C25H30N4O3S/c1-3-5-17-26-25(30)21-13-11-20(12-14-21)18-27-24-16-15-23(19-28-24)33(31,32)29(4-2)22-9-7-6-8-10-22/h6-16,19H,3-5,17-18H2,1-2H3,(H,26,30)(H,27,28). The van der Waals surface area contributed by atoms with Crippen molar-refractivity contribution in [2.75, 3.05) is 22.7 Å². The Balaban J connectivity index is 1.61. The number of sulfonamides is 1. The quantitative estimate of drug-likeness (QED) is 0.408. The van der Waals surface area contributed by atoms with E-state index in [0.29, 0.717) is 36.7 Å². The monoisotopic (exact) mass is 466 g/mol. The number of hydrogen-bond acceptors (Lipinski definition) is 5. The van der Waals surface area contributed by atoms with Gasteiger partial charge in [0.15, 0.2) is 0 Å². The maximum absolute atomic E-state index is 13.1. The number of nitrogens with zero attached hydrogens (tertiary/aromatic N) is 2. The van der Waals surface area contributed by atoms with Gasteiger partial charge in [-0.1, -0.05) is 43.7 Å². The Morgan fingerprint density at radius 3 is 2.30 bits per heavy atom. The Hall–Kier alpha value is -3.39. The smallest absolute Gasteiger partial charge is 0.265 e. The molecule has 1 aromatic heterocycles. The summed E-state index contributed by atoms with van der Waals surface area (Å²) in [6, 6.07) is 19.6. The molecule has 0 radical (unpaired) electrons. The van der Waals surface area contributed by atoms with Crippen LogP contribution in [0.15, 0.2) is 77.8 Å². The molecule has 0 atom stereocenters. The first kappa shape index (κ1) is 24.3. The van der Waals surface area contributed by atoms with Gasteiger partial charge in [0, 0.05) is 31.4 Å². The number of unbranched alkanes of at least 4 members (excludes halogenated alkanes) is 1. The molecule has 0 aliphatic carbocycles. The molecular weight excluding hydrogens is 436 g/mol. The third-order valence-electron chi connectivity index (χ3n) is 5.16. The van der Waals surface area contributed by atoms with Gasteiger partial charge in [0.05, 0.1) is 5.69 Å². The van der Waals surface area contributed by atoms with Crippen LogP contribution in [0, 0.1) is 0 Å². The second-order valence-corrected chi connectivity index (χ2v) is 9.41. The first-order valence-electron chi connectivity index (χ1n) is 11.1. The summed E-state index contributed by atoms with van der Waals surface area (Å²) in [5.74, 6) is 0.496. The number of benzene rings is 2. The van der Waals surface area contributed by atoms with Gasteiger partial charge < -0.3 is 10.6 Å². The Labute approximate surface area is 195 Å². The maximum atomic E-state index is 13.1.